The number of nitro benzene ring substituents is 1. The number of hydrogen-bond acceptors (Lipinski definition) is 7. The Balaban J connectivity index is 1.47. The lowest BCUT2D eigenvalue weighted by Crippen LogP contribution is -2.48. The second-order valence-corrected chi connectivity index (χ2v) is 7.48. The van der Waals surface area contributed by atoms with Crippen LogP contribution in [0.15, 0.2) is 42.7 Å². The van der Waals surface area contributed by atoms with Gasteiger partial charge in [0.25, 0.3) is 11.6 Å². The Bertz CT molecular complexity index is 991. The summed E-state index contributed by atoms with van der Waals surface area (Å²) in [5, 5.41) is 14.7. The zero-order valence-electron chi connectivity index (χ0n) is 14.4. The number of nitrogens with zero attached hydrogens (tertiary/aromatic N) is 4. The average molecular weight is 383 g/mol. The van der Waals surface area contributed by atoms with Crippen LogP contribution >= 0.6 is 11.3 Å². The van der Waals surface area contributed by atoms with E-state index in [2.05, 4.69) is 20.2 Å². The number of fused-ring (bicyclic) bond motifs is 1. The number of thiophene rings is 1. The van der Waals surface area contributed by atoms with Gasteiger partial charge in [0.15, 0.2) is 0 Å². The van der Waals surface area contributed by atoms with Gasteiger partial charge in [-0.1, -0.05) is 0 Å². The number of aromatic nitrogens is 2. The molecule has 0 saturated carbocycles. The Morgan fingerprint density at radius 1 is 1.30 bits per heavy atom. The largest absolute Gasteiger partial charge is 0.347 e. The van der Waals surface area contributed by atoms with Crippen LogP contribution in [-0.4, -0.2) is 39.9 Å². The first-order valence-corrected chi connectivity index (χ1v) is 9.42. The van der Waals surface area contributed by atoms with Crippen LogP contribution in [0.5, 0.6) is 0 Å². The van der Waals surface area contributed by atoms with Gasteiger partial charge < -0.3 is 10.2 Å². The summed E-state index contributed by atoms with van der Waals surface area (Å²) in [6, 6.07) is 8.14. The van der Waals surface area contributed by atoms with Gasteiger partial charge in [0.05, 0.1) is 9.80 Å². The van der Waals surface area contributed by atoms with Crippen LogP contribution in [0.2, 0.25) is 0 Å². The van der Waals surface area contributed by atoms with E-state index in [4.69, 9.17) is 0 Å². The summed E-state index contributed by atoms with van der Waals surface area (Å²) in [4.78, 5) is 34.3. The van der Waals surface area contributed by atoms with E-state index in [1.807, 2.05) is 0 Å². The fourth-order valence-corrected chi connectivity index (χ4v) is 4.19. The van der Waals surface area contributed by atoms with Crippen molar-refractivity contribution in [1.29, 1.82) is 0 Å². The Labute approximate surface area is 159 Å². The molecule has 1 saturated heterocycles. The first kappa shape index (κ1) is 17.3. The predicted molar refractivity (Wildman–Crippen MR) is 103 cm³/mol. The van der Waals surface area contributed by atoms with Gasteiger partial charge in [0.1, 0.15) is 0 Å². The van der Waals surface area contributed by atoms with Crippen molar-refractivity contribution in [2.45, 2.75) is 18.9 Å². The second kappa shape index (κ2) is 7.28. The minimum Gasteiger partial charge on any atom is -0.347 e. The van der Waals surface area contributed by atoms with E-state index in [9.17, 15) is 14.9 Å². The summed E-state index contributed by atoms with van der Waals surface area (Å²) in [6.07, 6.45) is 5.26. The summed E-state index contributed by atoms with van der Waals surface area (Å²) < 4.78 is 0.855. The number of nitrogens with one attached hydrogen (secondary N) is 1. The van der Waals surface area contributed by atoms with E-state index in [0.29, 0.717) is 22.8 Å². The number of benzene rings is 1. The third kappa shape index (κ3) is 3.72. The smallest absolute Gasteiger partial charge is 0.270 e. The Hall–Kier alpha value is -3.07. The number of non-ortho nitro benzene ring substituents is 1. The maximum absolute atomic E-state index is 12.7. The molecule has 1 aliphatic heterocycles. The molecular weight excluding hydrogens is 366 g/mol. The summed E-state index contributed by atoms with van der Waals surface area (Å²) >= 11 is 1.34. The topological polar surface area (TPSA) is 101 Å². The van der Waals surface area contributed by atoms with Gasteiger partial charge in [-0.2, -0.15) is 0 Å². The number of hydrogen-bond donors (Lipinski definition) is 1. The quantitative estimate of drug-likeness (QED) is 0.549. The minimum absolute atomic E-state index is 0.00889. The van der Waals surface area contributed by atoms with E-state index in [-0.39, 0.29) is 17.6 Å². The molecule has 1 fully saturated rings. The first-order chi connectivity index (χ1) is 13.1. The molecular formula is C18H17N5O3S. The van der Waals surface area contributed by atoms with E-state index in [1.165, 1.54) is 23.5 Å². The Morgan fingerprint density at radius 3 is 2.89 bits per heavy atom. The summed E-state index contributed by atoms with van der Waals surface area (Å²) in [6.45, 7) is 1.52. The van der Waals surface area contributed by atoms with Crippen molar-refractivity contribution in [2.75, 3.05) is 18.0 Å². The number of nitro groups is 1. The second-order valence-electron chi connectivity index (χ2n) is 6.40. The van der Waals surface area contributed by atoms with Crippen LogP contribution in [0, 0.1) is 10.1 Å². The highest BCUT2D eigenvalue weighted by atomic mass is 32.1. The molecule has 1 amide bonds. The molecule has 0 spiro atoms. The van der Waals surface area contributed by atoms with Crippen LogP contribution in [0.4, 0.5) is 11.6 Å². The molecule has 4 rings (SSSR count). The summed E-state index contributed by atoms with van der Waals surface area (Å²) in [5.41, 5.74) is 0.0260. The zero-order chi connectivity index (χ0) is 18.8. The number of amides is 1. The van der Waals surface area contributed by atoms with Gasteiger partial charge in [-0.15, -0.1) is 11.3 Å². The van der Waals surface area contributed by atoms with Crippen molar-refractivity contribution >= 4 is 39.0 Å². The molecule has 0 unspecified atom stereocenters. The molecule has 0 bridgehead atoms. The van der Waals surface area contributed by atoms with Crippen LogP contribution in [0.25, 0.3) is 10.1 Å². The lowest BCUT2D eigenvalue weighted by atomic mass is 10.1. The van der Waals surface area contributed by atoms with Crippen LogP contribution in [0.3, 0.4) is 0 Å². The van der Waals surface area contributed by atoms with Crippen molar-refractivity contribution in [3.63, 3.8) is 0 Å². The van der Waals surface area contributed by atoms with Crippen LogP contribution < -0.4 is 10.2 Å². The van der Waals surface area contributed by atoms with Crippen molar-refractivity contribution in [2.24, 2.45) is 0 Å². The molecule has 0 aliphatic carbocycles. The van der Waals surface area contributed by atoms with Gasteiger partial charge in [0.2, 0.25) is 5.95 Å². The lowest BCUT2D eigenvalue weighted by molar-refractivity contribution is -0.384. The molecule has 8 nitrogen and oxygen atoms in total. The highest BCUT2D eigenvalue weighted by molar-refractivity contribution is 7.20. The van der Waals surface area contributed by atoms with E-state index in [0.717, 1.165) is 24.1 Å². The highest BCUT2D eigenvalue weighted by Crippen LogP contribution is 2.29. The standard InChI is InChI=1S/C18H17N5O3S/c24-17(16-10-12-9-14(23(25)26)4-5-15(12)27-16)21-13-3-1-8-22(11-13)18-19-6-2-7-20-18/h2,4-7,9-10,13H,1,3,8,11H2,(H,21,24)/t13-/m0/s1. The third-order valence-corrected chi connectivity index (χ3v) is 5.64. The van der Waals surface area contributed by atoms with Crippen molar-refractivity contribution in [1.82, 2.24) is 15.3 Å². The molecule has 0 radical (unpaired) electrons. The van der Waals surface area contributed by atoms with Gasteiger partial charge in [-0.05, 0) is 31.0 Å². The number of carbonyl (C=O) groups is 1. The van der Waals surface area contributed by atoms with E-state index >= 15 is 0 Å². The molecule has 1 aliphatic rings. The molecule has 3 aromatic rings. The molecule has 138 valence electrons. The Kier molecular flexibility index (Phi) is 4.68. The monoisotopic (exact) mass is 383 g/mol. The zero-order valence-corrected chi connectivity index (χ0v) is 15.2. The summed E-state index contributed by atoms with van der Waals surface area (Å²) in [5.74, 6) is 0.519. The molecule has 2 aromatic heterocycles. The number of carbonyl (C=O) groups excluding carboxylic acids is 1. The number of piperidine rings is 1. The first-order valence-electron chi connectivity index (χ1n) is 8.61. The SMILES string of the molecule is O=C(N[C@H]1CCCN(c2ncccn2)C1)c1cc2cc([N+](=O)[O-])ccc2s1. The van der Waals surface area contributed by atoms with Crippen molar-refractivity contribution in [3.05, 3.63) is 57.7 Å². The number of anilines is 1. The van der Waals surface area contributed by atoms with E-state index < -0.39 is 4.92 Å². The fraction of sp³-hybridized carbons (Fsp3) is 0.278. The van der Waals surface area contributed by atoms with Gasteiger partial charge >= 0.3 is 0 Å². The maximum Gasteiger partial charge on any atom is 0.270 e. The molecule has 9 heteroatoms. The normalized spacial score (nSPS) is 17.0. The molecule has 3 heterocycles. The lowest BCUT2D eigenvalue weighted by Gasteiger charge is -2.32. The van der Waals surface area contributed by atoms with Crippen LogP contribution in [-0.2, 0) is 0 Å². The molecule has 1 N–H and O–H groups in total. The van der Waals surface area contributed by atoms with Crippen molar-refractivity contribution < 1.29 is 9.72 Å². The molecule has 1 atom stereocenters. The molecule has 1 aromatic carbocycles. The fourth-order valence-electron chi connectivity index (χ4n) is 3.24. The number of rotatable bonds is 4. The van der Waals surface area contributed by atoms with E-state index in [1.54, 1.807) is 30.6 Å². The highest BCUT2D eigenvalue weighted by Gasteiger charge is 2.24. The summed E-state index contributed by atoms with van der Waals surface area (Å²) in [7, 11) is 0. The Morgan fingerprint density at radius 2 is 2.11 bits per heavy atom. The third-order valence-electron chi connectivity index (χ3n) is 4.53. The molecule has 27 heavy (non-hydrogen) atoms. The minimum atomic E-state index is -0.431. The van der Waals surface area contributed by atoms with Gasteiger partial charge in [-0.25, -0.2) is 9.97 Å². The van der Waals surface area contributed by atoms with Crippen molar-refractivity contribution in [3.8, 4) is 0 Å². The maximum atomic E-state index is 12.7. The average Bonchev–Trinajstić information content (AvgIpc) is 3.12. The van der Waals surface area contributed by atoms with Crippen LogP contribution in [0.1, 0.15) is 22.5 Å². The van der Waals surface area contributed by atoms with Gasteiger partial charge in [0, 0.05) is 53.7 Å². The van der Waals surface area contributed by atoms with Gasteiger partial charge in [-0.3, -0.25) is 14.9 Å². The predicted octanol–water partition coefficient (Wildman–Crippen LogP) is 3.00.